The van der Waals surface area contributed by atoms with Gasteiger partial charge in [-0.2, -0.15) is 0 Å². The van der Waals surface area contributed by atoms with Crippen molar-refractivity contribution in [1.82, 2.24) is 4.90 Å². The van der Waals surface area contributed by atoms with E-state index in [1.807, 2.05) is 31.2 Å². The molecule has 1 heterocycles. The highest BCUT2D eigenvalue weighted by Gasteiger charge is 2.65. The Balaban J connectivity index is 1.97. The van der Waals surface area contributed by atoms with Crippen LogP contribution in [0.25, 0.3) is 0 Å². The third-order valence-corrected chi connectivity index (χ3v) is 6.27. The molecule has 2 aromatic carbocycles. The van der Waals surface area contributed by atoms with Crippen LogP contribution in [0.15, 0.2) is 59.8 Å². The molecule has 0 saturated carbocycles. The Bertz CT molecular complexity index is 1170. The smallest absolute Gasteiger partial charge is 0.326 e. The molecule has 4 rings (SSSR count). The molecule has 1 amide bonds. The van der Waals surface area contributed by atoms with Gasteiger partial charge in [0.2, 0.25) is 11.7 Å². The van der Waals surface area contributed by atoms with E-state index in [0.717, 1.165) is 11.1 Å². The number of Topliss-reactive ketones (excluding diaryl/α,β-unsaturated/α-hetero) is 2. The number of nitrogens with zero attached hydrogens (tertiary/aromatic N) is 1. The Morgan fingerprint density at radius 2 is 1.56 bits per heavy atom. The molecule has 6 nitrogen and oxygen atoms in total. The molecule has 2 aromatic rings. The van der Waals surface area contributed by atoms with Crippen LogP contribution in [0.3, 0.4) is 0 Å². The summed E-state index contributed by atoms with van der Waals surface area (Å²) in [5.74, 6) is -2.88. The maximum absolute atomic E-state index is 13.9. The first-order valence-electron chi connectivity index (χ1n) is 10.7. The predicted molar refractivity (Wildman–Crippen MR) is 118 cm³/mol. The lowest BCUT2D eigenvalue weighted by Gasteiger charge is -2.32. The molecule has 0 spiro atoms. The largest absolute Gasteiger partial charge is 0.465 e. The van der Waals surface area contributed by atoms with Crippen LogP contribution in [-0.2, 0) is 20.9 Å². The molecule has 0 bridgehead atoms. The zero-order chi connectivity index (χ0) is 23.2. The van der Waals surface area contributed by atoms with E-state index in [9.17, 15) is 19.2 Å². The number of rotatable bonds is 5. The predicted octanol–water partition coefficient (Wildman–Crippen LogP) is 3.88. The maximum Gasteiger partial charge on any atom is 0.326 e. The molecule has 1 aliphatic heterocycles. The number of allylic oxidation sites excluding steroid dienone is 1. The summed E-state index contributed by atoms with van der Waals surface area (Å²) in [6, 6.07) is 14.0. The molecule has 0 radical (unpaired) electrons. The molecular formula is C26H25NO5. The van der Waals surface area contributed by atoms with Crippen LogP contribution in [-0.4, -0.2) is 34.9 Å². The first kappa shape index (κ1) is 21.7. The highest BCUT2D eigenvalue weighted by molar-refractivity contribution is 6.34. The summed E-state index contributed by atoms with van der Waals surface area (Å²) in [5.41, 5.74) is 0.349. The number of benzene rings is 2. The Hall–Kier alpha value is -3.54. The fourth-order valence-corrected chi connectivity index (χ4v) is 4.64. The van der Waals surface area contributed by atoms with Crippen LogP contribution >= 0.6 is 0 Å². The van der Waals surface area contributed by atoms with E-state index >= 15 is 0 Å². The van der Waals surface area contributed by atoms with Crippen molar-refractivity contribution in [2.24, 2.45) is 11.3 Å². The van der Waals surface area contributed by atoms with Gasteiger partial charge < -0.3 is 9.64 Å². The van der Waals surface area contributed by atoms with Gasteiger partial charge in [-0.25, -0.2) is 0 Å². The second kappa shape index (κ2) is 7.86. The zero-order valence-corrected chi connectivity index (χ0v) is 18.6. The van der Waals surface area contributed by atoms with Crippen LogP contribution in [0.2, 0.25) is 0 Å². The Kier molecular flexibility index (Phi) is 5.33. The minimum Gasteiger partial charge on any atom is -0.465 e. The van der Waals surface area contributed by atoms with Crippen LogP contribution in [0.4, 0.5) is 0 Å². The zero-order valence-electron chi connectivity index (χ0n) is 18.6. The van der Waals surface area contributed by atoms with E-state index in [2.05, 4.69) is 0 Å². The highest BCUT2D eigenvalue weighted by atomic mass is 16.5. The molecule has 1 atom stereocenters. The molecular weight excluding hydrogens is 406 g/mol. The van der Waals surface area contributed by atoms with Gasteiger partial charge in [0.05, 0.1) is 18.7 Å². The number of hydrogen-bond acceptors (Lipinski definition) is 5. The number of esters is 1. The minimum absolute atomic E-state index is 0.0129. The van der Waals surface area contributed by atoms with Crippen molar-refractivity contribution < 1.29 is 23.9 Å². The van der Waals surface area contributed by atoms with Crippen molar-refractivity contribution in [2.45, 2.75) is 34.2 Å². The van der Waals surface area contributed by atoms with Crippen LogP contribution < -0.4 is 0 Å². The Morgan fingerprint density at radius 3 is 2.12 bits per heavy atom. The summed E-state index contributed by atoms with van der Waals surface area (Å²) in [6.45, 7) is 7.14. The van der Waals surface area contributed by atoms with Gasteiger partial charge in [0.25, 0.3) is 0 Å². The number of hydrogen-bond donors (Lipinski definition) is 0. The Morgan fingerprint density at radius 1 is 0.969 bits per heavy atom. The molecule has 0 aromatic heterocycles. The van der Waals surface area contributed by atoms with Gasteiger partial charge in [0.1, 0.15) is 5.70 Å². The van der Waals surface area contributed by atoms with E-state index in [4.69, 9.17) is 4.74 Å². The third-order valence-electron chi connectivity index (χ3n) is 6.27. The van der Waals surface area contributed by atoms with Gasteiger partial charge in [-0.3, -0.25) is 19.2 Å². The normalized spacial score (nSPS) is 20.0. The number of carbonyl (C=O) groups excluding carboxylic acids is 4. The number of amides is 1. The molecule has 2 aliphatic rings. The highest BCUT2D eigenvalue weighted by Crippen LogP contribution is 2.51. The lowest BCUT2D eigenvalue weighted by molar-refractivity contribution is -0.162. The SMILES string of the molecule is CCOC(=O)C1(C(C)C)C(=O)N(Cc2ccc(C)cc2)C2=C1C(=O)c1ccccc1C2=O. The third kappa shape index (κ3) is 2.93. The van der Waals surface area contributed by atoms with Gasteiger partial charge in [0, 0.05) is 11.1 Å². The number of ketones is 2. The fraction of sp³-hybridized carbons (Fsp3) is 0.308. The Labute approximate surface area is 186 Å². The van der Waals surface area contributed by atoms with Gasteiger partial charge in [0.15, 0.2) is 11.2 Å². The molecule has 6 heteroatoms. The topological polar surface area (TPSA) is 80.8 Å². The summed E-state index contributed by atoms with van der Waals surface area (Å²) in [7, 11) is 0. The summed E-state index contributed by atoms with van der Waals surface area (Å²) >= 11 is 0. The molecule has 164 valence electrons. The quantitative estimate of drug-likeness (QED) is 0.530. The standard InChI is InChI=1S/C26H25NO5/c1-5-32-25(31)26(15(2)3)20-21(23(29)19-9-7-6-8-18(19)22(20)28)27(24(26)30)14-17-12-10-16(4)11-13-17/h6-13,15H,5,14H2,1-4H3. The summed E-state index contributed by atoms with van der Waals surface area (Å²) < 4.78 is 5.31. The first-order chi connectivity index (χ1) is 15.2. The van der Waals surface area contributed by atoms with Gasteiger partial charge in [-0.1, -0.05) is 67.9 Å². The van der Waals surface area contributed by atoms with Crippen LogP contribution in [0, 0.1) is 18.3 Å². The number of fused-ring (bicyclic) bond motifs is 1. The molecule has 1 aliphatic carbocycles. The second-order valence-corrected chi connectivity index (χ2v) is 8.49. The van der Waals surface area contributed by atoms with Crippen molar-refractivity contribution in [3.8, 4) is 0 Å². The summed E-state index contributed by atoms with van der Waals surface area (Å²) in [5, 5.41) is 0. The second-order valence-electron chi connectivity index (χ2n) is 8.49. The molecule has 0 fully saturated rings. The van der Waals surface area contributed by atoms with Crippen molar-refractivity contribution in [3.63, 3.8) is 0 Å². The molecule has 0 N–H and O–H groups in total. The number of ether oxygens (including phenoxy) is 1. The van der Waals surface area contributed by atoms with E-state index in [0.29, 0.717) is 0 Å². The summed E-state index contributed by atoms with van der Waals surface area (Å²) in [6.07, 6.45) is 0. The maximum atomic E-state index is 13.9. The molecule has 1 unspecified atom stereocenters. The van der Waals surface area contributed by atoms with Crippen molar-refractivity contribution >= 4 is 23.4 Å². The minimum atomic E-state index is -1.86. The first-order valence-corrected chi connectivity index (χ1v) is 10.7. The van der Waals surface area contributed by atoms with E-state index in [1.165, 1.54) is 4.90 Å². The average molecular weight is 431 g/mol. The lowest BCUT2D eigenvalue weighted by Crippen LogP contribution is -2.49. The van der Waals surface area contributed by atoms with Crippen LogP contribution in [0.1, 0.15) is 52.6 Å². The van der Waals surface area contributed by atoms with Crippen molar-refractivity contribution in [2.75, 3.05) is 6.61 Å². The van der Waals surface area contributed by atoms with E-state index in [-0.39, 0.29) is 35.5 Å². The number of carbonyl (C=O) groups is 4. The lowest BCUT2D eigenvalue weighted by atomic mass is 9.67. The summed E-state index contributed by atoms with van der Waals surface area (Å²) in [4.78, 5) is 55.8. The molecule has 0 saturated heterocycles. The van der Waals surface area contributed by atoms with Gasteiger partial charge >= 0.3 is 5.97 Å². The average Bonchev–Trinajstić information content (AvgIpc) is 3.03. The van der Waals surface area contributed by atoms with Gasteiger partial charge in [-0.05, 0) is 25.3 Å². The molecule has 32 heavy (non-hydrogen) atoms. The van der Waals surface area contributed by atoms with Gasteiger partial charge in [-0.15, -0.1) is 0 Å². The monoisotopic (exact) mass is 431 g/mol. The van der Waals surface area contributed by atoms with E-state index in [1.54, 1.807) is 45.0 Å². The fourth-order valence-electron chi connectivity index (χ4n) is 4.64. The number of aryl methyl sites for hydroxylation is 1. The van der Waals surface area contributed by atoms with Crippen LogP contribution in [0.5, 0.6) is 0 Å². The van der Waals surface area contributed by atoms with Crippen molar-refractivity contribution in [3.05, 3.63) is 82.1 Å². The van der Waals surface area contributed by atoms with E-state index < -0.39 is 34.8 Å². The van der Waals surface area contributed by atoms with Crippen molar-refractivity contribution in [1.29, 1.82) is 0 Å².